The highest BCUT2D eigenvalue weighted by Crippen LogP contribution is 2.46. The number of nitrogens with zero attached hydrogens (tertiary/aromatic N) is 4. The first kappa shape index (κ1) is 27.3. The number of hydrogen-bond acceptors (Lipinski definition) is 6. The van der Waals surface area contributed by atoms with Crippen LogP contribution in [0.1, 0.15) is 72.3 Å². The number of ether oxygens (including phenoxy) is 1. The summed E-state index contributed by atoms with van der Waals surface area (Å²) in [6, 6.07) is 11.3. The molecule has 1 aliphatic heterocycles. The molecule has 3 heterocycles. The molecule has 2 aromatic carbocycles. The van der Waals surface area contributed by atoms with Crippen molar-refractivity contribution >= 4 is 22.6 Å². The molecule has 0 spiro atoms. The number of alkyl halides is 3. The summed E-state index contributed by atoms with van der Waals surface area (Å²) in [5, 5.41) is 18.3. The summed E-state index contributed by atoms with van der Waals surface area (Å²) in [5.41, 5.74) is 1.85. The van der Waals surface area contributed by atoms with Crippen LogP contribution in [0, 0.1) is 0 Å². The van der Waals surface area contributed by atoms with Crippen LogP contribution in [0.3, 0.4) is 0 Å². The Morgan fingerprint density at radius 1 is 1.17 bits per heavy atom. The molecule has 1 N–H and O–H groups in total. The second-order valence-electron chi connectivity index (χ2n) is 10.9. The Bertz CT molecular complexity index is 1590. The number of aryl methyl sites for hydroxylation is 1. The van der Waals surface area contributed by atoms with Gasteiger partial charge in [-0.3, -0.25) is 4.68 Å². The Labute approximate surface area is 234 Å². The van der Waals surface area contributed by atoms with Crippen LogP contribution in [0.25, 0.3) is 22.2 Å². The molecule has 41 heavy (non-hydrogen) atoms. The van der Waals surface area contributed by atoms with Crippen molar-refractivity contribution in [3.8, 4) is 11.3 Å². The van der Waals surface area contributed by atoms with Gasteiger partial charge in [0.25, 0.3) is 0 Å². The normalized spacial score (nSPS) is 19.7. The minimum atomic E-state index is -4.51. The monoisotopic (exact) mass is 568 g/mol. The average Bonchev–Trinajstić information content (AvgIpc) is 3.63. The predicted molar refractivity (Wildman–Crippen MR) is 146 cm³/mol. The third-order valence-electron chi connectivity index (χ3n) is 8.23. The highest BCUT2D eigenvalue weighted by Gasteiger charge is 2.38. The molecule has 2 aromatic heterocycles. The van der Waals surface area contributed by atoms with E-state index in [-0.39, 0.29) is 41.6 Å². The van der Waals surface area contributed by atoms with E-state index < -0.39 is 17.7 Å². The first-order chi connectivity index (χ1) is 19.7. The summed E-state index contributed by atoms with van der Waals surface area (Å²) in [5.74, 6) is -0.260. The molecule has 1 aliphatic carbocycles. The number of carboxylic acid groups (broad SMARTS) is 1. The van der Waals surface area contributed by atoms with Gasteiger partial charge < -0.3 is 19.3 Å². The molecule has 0 amide bonds. The van der Waals surface area contributed by atoms with E-state index in [0.29, 0.717) is 16.7 Å². The zero-order valence-electron chi connectivity index (χ0n) is 22.8. The standard InChI is InChI=1S/C30H31F3N4O4/c1-3-18-14-20(12-13-37(18)19-10-11-22-25(15-19)36(2)34-27(22)29(38)39)40-16-23-26(35-41-28(23)17-8-9-17)21-6-4-5-7-24(21)30(31,32)33/h4-7,10-11,15,17-18,20H,3,8-9,12-14,16H2,1-2H3,(H,38,39). The van der Waals surface area contributed by atoms with Crippen molar-refractivity contribution in [2.24, 2.45) is 7.05 Å². The number of halogens is 3. The zero-order chi connectivity index (χ0) is 28.9. The number of aromatic carboxylic acids is 1. The third kappa shape index (κ3) is 5.18. The van der Waals surface area contributed by atoms with Crippen molar-refractivity contribution in [1.29, 1.82) is 0 Å². The first-order valence-electron chi connectivity index (χ1n) is 13.9. The lowest BCUT2D eigenvalue weighted by Gasteiger charge is -2.40. The number of piperidine rings is 1. The number of rotatable bonds is 8. The molecule has 1 saturated carbocycles. The summed E-state index contributed by atoms with van der Waals surface area (Å²) in [7, 11) is 1.73. The maximum Gasteiger partial charge on any atom is 0.417 e. The lowest BCUT2D eigenvalue weighted by Crippen LogP contribution is -2.44. The van der Waals surface area contributed by atoms with Crippen LogP contribution >= 0.6 is 0 Å². The molecule has 2 atom stereocenters. The molecule has 2 fully saturated rings. The van der Waals surface area contributed by atoms with Gasteiger partial charge in [-0.1, -0.05) is 30.3 Å². The van der Waals surface area contributed by atoms with Crippen molar-refractivity contribution in [3.05, 3.63) is 65.0 Å². The number of fused-ring (bicyclic) bond motifs is 1. The Balaban J connectivity index is 1.21. The Morgan fingerprint density at radius 2 is 1.95 bits per heavy atom. The predicted octanol–water partition coefficient (Wildman–Crippen LogP) is 6.79. The summed E-state index contributed by atoms with van der Waals surface area (Å²) < 4.78 is 55.0. The molecule has 4 aromatic rings. The maximum absolute atomic E-state index is 13.8. The highest BCUT2D eigenvalue weighted by molar-refractivity contribution is 6.02. The van der Waals surface area contributed by atoms with Crippen LogP contribution < -0.4 is 4.90 Å². The topological polar surface area (TPSA) is 93.6 Å². The molecule has 216 valence electrons. The molecular weight excluding hydrogens is 537 g/mol. The van der Waals surface area contributed by atoms with Crippen LogP contribution in [0.15, 0.2) is 47.0 Å². The van der Waals surface area contributed by atoms with Crippen molar-refractivity contribution in [3.63, 3.8) is 0 Å². The van der Waals surface area contributed by atoms with Crippen LogP contribution in [-0.2, 0) is 24.6 Å². The van der Waals surface area contributed by atoms with E-state index in [9.17, 15) is 23.1 Å². The summed E-state index contributed by atoms with van der Waals surface area (Å²) in [6.45, 7) is 2.97. The van der Waals surface area contributed by atoms with E-state index in [4.69, 9.17) is 9.26 Å². The van der Waals surface area contributed by atoms with Gasteiger partial charge in [-0.15, -0.1) is 0 Å². The molecule has 0 radical (unpaired) electrons. The van der Waals surface area contributed by atoms with Gasteiger partial charge in [0.15, 0.2) is 5.69 Å². The van der Waals surface area contributed by atoms with E-state index in [2.05, 4.69) is 22.1 Å². The van der Waals surface area contributed by atoms with Crippen LogP contribution in [-0.4, -0.2) is 44.7 Å². The van der Waals surface area contributed by atoms with E-state index >= 15 is 0 Å². The van der Waals surface area contributed by atoms with Crippen molar-refractivity contribution in [1.82, 2.24) is 14.9 Å². The number of benzene rings is 2. The summed E-state index contributed by atoms with van der Waals surface area (Å²) in [4.78, 5) is 13.9. The van der Waals surface area contributed by atoms with Crippen LogP contribution in [0.4, 0.5) is 18.9 Å². The van der Waals surface area contributed by atoms with Gasteiger partial charge in [0.05, 0.1) is 23.8 Å². The van der Waals surface area contributed by atoms with Crippen molar-refractivity contribution in [2.45, 2.75) is 69.9 Å². The van der Waals surface area contributed by atoms with Gasteiger partial charge in [-0.05, 0) is 56.4 Å². The number of aromatic nitrogens is 3. The van der Waals surface area contributed by atoms with E-state index in [1.165, 1.54) is 12.1 Å². The van der Waals surface area contributed by atoms with Gasteiger partial charge in [0.1, 0.15) is 11.5 Å². The number of anilines is 1. The smallest absolute Gasteiger partial charge is 0.417 e. The largest absolute Gasteiger partial charge is 0.476 e. The number of carboxylic acids is 1. The minimum Gasteiger partial charge on any atom is -0.476 e. The molecule has 11 heteroatoms. The molecule has 0 bridgehead atoms. The molecule has 1 saturated heterocycles. The lowest BCUT2D eigenvalue weighted by atomic mass is 9.96. The molecular formula is C30H31F3N4O4. The molecule has 2 aliphatic rings. The Morgan fingerprint density at radius 3 is 2.66 bits per heavy atom. The SMILES string of the molecule is CCC1CC(OCc2c(-c3ccccc3C(F)(F)F)noc2C2CC2)CCN1c1ccc2c(C(=O)O)nn(C)c2c1. The molecule has 8 nitrogen and oxygen atoms in total. The van der Waals surface area contributed by atoms with Crippen molar-refractivity contribution in [2.75, 3.05) is 11.4 Å². The van der Waals surface area contributed by atoms with Gasteiger partial charge in [0, 0.05) is 47.8 Å². The quantitative estimate of drug-likeness (QED) is 0.250. The van der Waals surface area contributed by atoms with E-state index in [1.54, 1.807) is 17.8 Å². The van der Waals surface area contributed by atoms with Crippen LogP contribution in [0.5, 0.6) is 0 Å². The fourth-order valence-corrected chi connectivity index (χ4v) is 5.95. The van der Waals surface area contributed by atoms with Crippen LogP contribution in [0.2, 0.25) is 0 Å². The first-order valence-corrected chi connectivity index (χ1v) is 13.9. The molecule has 6 rings (SSSR count). The maximum atomic E-state index is 13.8. The second kappa shape index (κ2) is 10.5. The fraction of sp³-hybridized carbons (Fsp3) is 0.433. The fourth-order valence-electron chi connectivity index (χ4n) is 5.95. The number of hydrogen-bond donors (Lipinski definition) is 1. The summed E-state index contributed by atoms with van der Waals surface area (Å²) >= 11 is 0. The van der Waals surface area contributed by atoms with Gasteiger partial charge in [-0.25, -0.2) is 4.79 Å². The van der Waals surface area contributed by atoms with Gasteiger partial charge >= 0.3 is 12.1 Å². The zero-order valence-corrected chi connectivity index (χ0v) is 22.8. The second-order valence-corrected chi connectivity index (χ2v) is 10.9. The lowest BCUT2D eigenvalue weighted by molar-refractivity contribution is -0.137. The van der Waals surface area contributed by atoms with E-state index in [0.717, 1.165) is 55.9 Å². The van der Waals surface area contributed by atoms with Gasteiger partial charge in [0.2, 0.25) is 0 Å². The highest BCUT2D eigenvalue weighted by atomic mass is 19.4. The Hall–Kier alpha value is -3.86. The molecule has 2 unspecified atom stereocenters. The van der Waals surface area contributed by atoms with Crippen molar-refractivity contribution < 1.29 is 32.3 Å². The summed E-state index contributed by atoms with van der Waals surface area (Å²) in [6.07, 6.45) is -0.390. The number of carbonyl (C=O) groups is 1. The Kier molecular flexibility index (Phi) is 7.01. The third-order valence-corrected chi connectivity index (χ3v) is 8.23. The average molecular weight is 569 g/mol. The van der Waals surface area contributed by atoms with E-state index in [1.807, 2.05) is 18.2 Å². The van der Waals surface area contributed by atoms with Gasteiger partial charge in [-0.2, -0.15) is 18.3 Å². The minimum absolute atomic E-state index is 0.00659.